The summed E-state index contributed by atoms with van der Waals surface area (Å²) in [6, 6.07) is 0. The van der Waals surface area contributed by atoms with Crippen molar-refractivity contribution < 1.29 is 0 Å². The minimum atomic E-state index is 0.727. The first-order valence-corrected chi connectivity index (χ1v) is 18.8. The van der Waals surface area contributed by atoms with E-state index in [-0.39, 0.29) is 0 Å². The van der Waals surface area contributed by atoms with Gasteiger partial charge in [-0.15, -0.1) is 19.4 Å². The molecule has 2 fully saturated rings. The number of thiol groups is 1. The van der Waals surface area contributed by atoms with Gasteiger partial charge in [0.2, 0.25) is 0 Å². The Morgan fingerprint density at radius 1 is 0.814 bits per heavy atom. The highest BCUT2D eigenvalue weighted by molar-refractivity contribution is 7.80. The zero-order valence-corrected chi connectivity index (χ0v) is 33.9. The van der Waals surface area contributed by atoms with Gasteiger partial charge in [0.1, 0.15) is 0 Å². The van der Waals surface area contributed by atoms with Crippen LogP contribution in [0.3, 0.4) is 0 Å². The number of allylic oxidation sites excluding steroid dienone is 5. The lowest BCUT2D eigenvalue weighted by molar-refractivity contribution is 0.259. The van der Waals surface area contributed by atoms with Gasteiger partial charge in [0.15, 0.2) is 0 Å². The van der Waals surface area contributed by atoms with Crippen molar-refractivity contribution in [3.8, 4) is 12.8 Å². The first-order valence-electron chi connectivity index (χ1n) is 18.1. The summed E-state index contributed by atoms with van der Waals surface area (Å²) in [6.07, 6.45) is 29.6. The normalized spacial score (nSPS) is 18.3. The number of hydrogen-bond acceptors (Lipinski definition) is 1. The highest BCUT2D eigenvalue weighted by atomic mass is 32.1. The molecule has 0 aromatic rings. The summed E-state index contributed by atoms with van der Waals surface area (Å²) in [7, 11) is 0. The van der Waals surface area contributed by atoms with Crippen LogP contribution in [0.25, 0.3) is 0 Å². The van der Waals surface area contributed by atoms with Crippen LogP contribution in [0, 0.1) is 48.4 Å². The van der Waals surface area contributed by atoms with E-state index in [0.717, 1.165) is 41.3 Å². The summed E-state index contributed by atoms with van der Waals surface area (Å²) >= 11 is 4.28. The second kappa shape index (κ2) is 45.6. The van der Waals surface area contributed by atoms with Crippen LogP contribution in [-0.2, 0) is 0 Å². The molecule has 2 unspecified atom stereocenters. The topological polar surface area (TPSA) is 0 Å². The van der Waals surface area contributed by atoms with Crippen LogP contribution in [0.5, 0.6) is 0 Å². The average Bonchev–Trinajstić information content (AvgIpc) is 3.47. The van der Waals surface area contributed by atoms with Gasteiger partial charge in [-0.2, -0.15) is 12.6 Å². The third-order valence-corrected chi connectivity index (χ3v) is 8.39. The largest absolute Gasteiger partial charge is 0.179 e. The van der Waals surface area contributed by atoms with Crippen LogP contribution in [0.4, 0.5) is 0 Å². The Morgan fingerprint density at radius 2 is 1.26 bits per heavy atom. The maximum Gasteiger partial charge on any atom is -0.00953 e. The summed E-state index contributed by atoms with van der Waals surface area (Å²) in [6.45, 7) is 38.0. The molecule has 43 heavy (non-hydrogen) atoms. The van der Waals surface area contributed by atoms with E-state index in [0.29, 0.717) is 0 Å². The van der Waals surface area contributed by atoms with E-state index in [1.54, 1.807) is 6.08 Å². The van der Waals surface area contributed by atoms with E-state index in [2.05, 4.69) is 134 Å². The molecule has 0 N–H and O–H groups in total. The second-order valence-corrected chi connectivity index (χ2v) is 13.0. The number of rotatable bonds is 6. The Kier molecular flexibility index (Phi) is 57.8. The molecule has 0 aliphatic heterocycles. The Morgan fingerprint density at radius 3 is 1.44 bits per heavy atom. The van der Waals surface area contributed by atoms with E-state index in [1.165, 1.54) is 81.8 Å². The molecule has 0 bridgehead atoms. The molecule has 0 aromatic carbocycles. The quantitative estimate of drug-likeness (QED) is 0.170. The Hall–Kier alpha value is -0.870. The van der Waals surface area contributed by atoms with E-state index < -0.39 is 0 Å². The zero-order valence-electron chi connectivity index (χ0n) is 33.0. The summed E-state index contributed by atoms with van der Waals surface area (Å²) in [5.41, 5.74) is 2.94. The molecule has 0 spiro atoms. The van der Waals surface area contributed by atoms with Gasteiger partial charge >= 0.3 is 0 Å². The average molecular weight is 623 g/mol. The van der Waals surface area contributed by atoms with Gasteiger partial charge in [0.25, 0.3) is 0 Å². The number of hydrogen-bond donors (Lipinski definition) is 1. The summed E-state index contributed by atoms with van der Waals surface area (Å²) < 4.78 is 0. The fourth-order valence-corrected chi connectivity index (χ4v) is 4.94. The third kappa shape index (κ3) is 45.7. The summed E-state index contributed by atoms with van der Waals surface area (Å²) in [5, 5.41) is 0. The molecule has 2 aliphatic carbocycles. The molecule has 0 heterocycles. The van der Waals surface area contributed by atoms with Crippen molar-refractivity contribution >= 4 is 12.6 Å². The lowest BCUT2D eigenvalue weighted by atomic mass is 9.80. The highest BCUT2D eigenvalue weighted by Gasteiger charge is 2.23. The first-order chi connectivity index (χ1) is 20.4. The van der Waals surface area contributed by atoms with Crippen molar-refractivity contribution in [3.63, 3.8) is 0 Å². The Balaban J connectivity index is -0.0000000980. The molecular weight excluding hydrogens is 537 g/mol. The van der Waals surface area contributed by atoms with Crippen molar-refractivity contribution in [2.24, 2.45) is 35.5 Å². The lowest BCUT2D eigenvalue weighted by Gasteiger charge is -2.27. The molecule has 2 rings (SSSR count). The maximum absolute atomic E-state index is 4.28. The van der Waals surface area contributed by atoms with Gasteiger partial charge in [-0.3, -0.25) is 0 Å². The van der Waals surface area contributed by atoms with Crippen molar-refractivity contribution in [1.29, 1.82) is 0 Å². The Labute approximate surface area is 283 Å². The minimum absolute atomic E-state index is 0.727. The van der Waals surface area contributed by atoms with Crippen LogP contribution in [0.1, 0.15) is 181 Å². The fraction of sp³-hybridized carbons (Fsp3) is 0.810. The van der Waals surface area contributed by atoms with E-state index in [9.17, 15) is 0 Å². The Bertz CT molecular complexity index is 571. The van der Waals surface area contributed by atoms with Gasteiger partial charge in [-0.05, 0) is 102 Å². The van der Waals surface area contributed by atoms with Gasteiger partial charge in [-0.25, -0.2) is 0 Å². The van der Waals surface area contributed by atoms with Crippen molar-refractivity contribution in [2.45, 2.75) is 181 Å². The second-order valence-electron chi connectivity index (χ2n) is 12.6. The lowest BCUT2D eigenvalue weighted by Crippen LogP contribution is -2.15. The molecule has 0 amide bonds. The molecular formula is C42H86S. The molecule has 3 atom stereocenters. The van der Waals surface area contributed by atoms with Gasteiger partial charge in [0.05, 0.1) is 0 Å². The summed E-state index contributed by atoms with van der Waals surface area (Å²) in [4.78, 5) is 0. The molecule has 260 valence electrons. The predicted octanol–water partition coefficient (Wildman–Crippen LogP) is 15.5. The molecule has 0 aromatic heterocycles. The first kappa shape index (κ1) is 54.6. The van der Waals surface area contributed by atoms with E-state index in [1.807, 2.05) is 20.8 Å². The fourth-order valence-electron chi connectivity index (χ4n) is 4.54. The molecule has 0 nitrogen and oxygen atoms in total. The van der Waals surface area contributed by atoms with Gasteiger partial charge in [-0.1, -0.05) is 150 Å². The molecule has 0 radical (unpaired) electrons. The molecule has 0 saturated heterocycles. The maximum atomic E-state index is 4.28. The van der Waals surface area contributed by atoms with Crippen LogP contribution < -0.4 is 0 Å². The SMILES string of the molecule is C#C.C/C=C(\C)C(C)C.C/C=C(\C)CC.C=CC.CC.CC(C)C1CC[C@@H](C)C1.CC(CCS)C1CCCCC1.CCC. The standard InChI is InChI=1S/C10H20S.C9H18.C7H14.C6H12.C3H8.C3H6.C2H6.C2H2/c1-9(7-8-11)10-5-3-2-4-6-10;1-7(2)9-5-4-8(3)6-9;1-5-7(4)6(2)3;1-4-6(3)5-2;2*1-3-2;2*1-2/h9-11H,2-8H2,1H3;7-9H,4-6H2,1-3H3;5-6H,1-4H3;4H,5H2,1-3H3;3H2,1-2H3;3H,1H2,2H3;1-2H3;1-2H/b;;7-5+;6-4+;;;;/t;8-,9?;;;;;;/m.1....../s1. The smallest absolute Gasteiger partial charge is 0.00953 e. The highest BCUT2D eigenvalue weighted by Crippen LogP contribution is 2.35. The van der Waals surface area contributed by atoms with Crippen molar-refractivity contribution in [2.75, 3.05) is 5.75 Å². The van der Waals surface area contributed by atoms with Gasteiger partial charge in [0, 0.05) is 0 Å². The van der Waals surface area contributed by atoms with Crippen LogP contribution >= 0.6 is 12.6 Å². The number of terminal acetylenes is 1. The van der Waals surface area contributed by atoms with E-state index in [4.69, 9.17) is 0 Å². The van der Waals surface area contributed by atoms with Crippen LogP contribution in [0.15, 0.2) is 36.0 Å². The molecule has 2 saturated carbocycles. The molecule has 2 aliphatic rings. The monoisotopic (exact) mass is 623 g/mol. The van der Waals surface area contributed by atoms with Crippen molar-refractivity contribution in [3.05, 3.63) is 36.0 Å². The van der Waals surface area contributed by atoms with E-state index >= 15 is 0 Å². The predicted molar refractivity (Wildman–Crippen MR) is 213 cm³/mol. The van der Waals surface area contributed by atoms with Gasteiger partial charge < -0.3 is 0 Å². The van der Waals surface area contributed by atoms with Crippen molar-refractivity contribution in [1.82, 2.24) is 0 Å². The minimum Gasteiger partial charge on any atom is -0.179 e. The zero-order chi connectivity index (χ0) is 35.2. The third-order valence-electron chi connectivity index (χ3n) is 8.13. The van der Waals surface area contributed by atoms with Crippen LogP contribution in [-0.4, -0.2) is 5.75 Å². The van der Waals surface area contributed by atoms with Crippen LogP contribution in [0.2, 0.25) is 0 Å². The molecule has 1 heteroatoms. The summed E-state index contributed by atoms with van der Waals surface area (Å²) in [5.74, 6) is 6.72.